The predicted octanol–water partition coefficient (Wildman–Crippen LogP) is 3.01. The van der Waals surface area contributed by atoms with Gasteiger partial charge in [-0.05, 0) is 43.7 Å². The number of piperazine rings is 1. The fraction of sp³-hybridized carbons (Fsp3) is 0.409. The lowest BCUT2D eigenvalue weighted by molar-refractivity contribution is -0.121. The van der Waals surface area contributed by atoms with Gasteiger partial charge in [-0.15, -0.1) is 0 Å². The lowest BCUT2D eigenvalue weighted by atomic mass is 10.2. The summed E-state index contributed by atoms with van der Waals surface area (Å²) in [5, 5.41) is 0. The van der Waals surface area contributed by atoms with Gasteiger partial charge < -0.3 is 14.5 Å². The molecule has 0 bridgehead atoms. The number of fused-ring (bicyclic) bond motifs is 1. The molecule has 1 amide bonds. The van der Waals surface area contributed by atoms with E-state index in [0.29, 0.717) is 0 Å². The SMILES string of the molecule is O=C1COc2ccccc2N1CCCCN1CCN(c2ccccc2)CC1. The van der Waals surface area contributed by atoms with Crippen LogP contribution in [0.1, 0.15) is 12.8 Å². The van der Waals surface area contributed by atoms with E-state index in [1.807, 2.05) is 29.2 Å². The quantitative estimate of drug-likeness (QED) is 0.738. The second-order valence-corrected chi connectivity index (χ2v) is 7.17. The standard InChI is InChI=1S/C22H27N3O2/c26-22-18-27-21-11-5-4-10-20(21)25(22)13-7-6-12-23-14-16-24(17-15-23)19-8-2-1-3-9-19/h1-5,8-11H,6-7,12-18H2. The van der Waals surface area contributed by atoms with Gasteiger partial charge in [0.25, 0.3) is 5.91 Å². The lowest BCUT2D eigenvalue weighted by Gasteiger charge is -2.36. The van der Waals surface area contributed by atoms with Crippen LogP contribution in [0, 0.1) is 0 Å². The molecule has 4 rings (SSSR count). The molecule has 0 N–H and O–H groups in total. The van der Waals surface area contributed by atoms with Crippen molar-refractivity contribution in [2.45, 2.75) is 12.8 Å². The zero-order valence-corrected chi connectivity index (χ0v) is 15.7. The van der Waals surface area contributed by atoms with Crippen molar-refractivity contribution >= 4 is 17.3 Å². The number of rotatable bonds is 6. The highest BCUT2D eigenvalue weighted by Crippen LogP contribution is 2.31. The van der Waals surface area contributed by atoms with Crippen LogP contribution < -0.4 is 14.5 Å². The van der Waals surface area contributed by atoms with Gasteiger partial charge in [0, 0.05) is 38.4 Å². The van der Waals surface area contributed by atoms with Gasteiger partial charge >= 0.3 is 0 Å². The van der Waals surface area contributed by atoms with E-state index < -0.39 is 0 Å². The fourth-order valence-electron chi connectivity index (χ4n) is 3.87. The van der Waals surface area contributed by atoms with Crippen LogP contribution in [0.2, 0.25) is 0 Å². The van der Waals surface area contributed by atoms with Crippen molar-refractivity contribution in [2.24, 2.45) is 0 Å². The van der Waals surface area contributed by atoms with Crippen LogP contribution in [-0.4, -0.2) is 56.7 Å². The molecule has 0 aromatic heterocycles. The van der Waals surface area contributed by atoms with Gasteiger partial charge in [0.1, 0.15) is 5.75 Å². The molecule has 0 spiro atoms. The Morgan fingerprint density at radius 1 is 0.815 bits per heavy atom. The number of carbonyl (C=O) groups excluding carboxylic acids is 1. The molecule has 0 saturated carbocycles. The number of unbranched alkanes of at least 4 members (excludes halogenated alkanes) is 1. The molecule has 5 heteroatoms. The highest BCUT2D eigenvalue weighted by Gasteiger charge is 2.24. The van der Waals surface area contributed by atoms with Gasteiger partial charge in [-0.2, -0.15) is 0 Å². The Hall–Kier alpha value is -2.53. The van der Waals surface area contributed by atoms with Crippen molar-refractivity contribution < 1.29 is 9.53 Å². The Kier molecular flexibility index (Phi) is 5.58. The summed E-state index contributed by atoms with van der Waals surface area (Å²) in [6.45, 7) is 6.39. The topological polar surface area (TPSA) is 36.0 Å². The summed E-state index contributed by atoms with van der Waals surface area (Å²) in [5.74, 6) is 0.874. The van der Waals surface area contributed by atoms with E-state index in [-0.39, 0.29) is 12.5 Å². The Morgan fingerprint density at radius 3 is 2.33 bits per heavy atom. The van der Waals surface area contributed by atoms with E-state index in [2.05, 4.69) is 40.1 Å². The van der Waals surface area contributed by atoms with Crippen LogP contribution in [0.15, 0.2) is 54.6 Å². The summed E-state index contributed by atoms with van der Waals surface area (Å²) < 4.78 is 5.51. The van der Waals surface area contributed by atoms with Gasteiger partial charge in [0.15, 0.2) is 6.61 Å². The van der Waals surface area contributed by atoms with Crippen molar-refractivity contribution in [3.05, 3.63) is 54.6 Å². The van der Waals surface area contributed by atoms with E-state index in [0.717, 1.165) is 63.5 Å². The maximum atomic E-state index is 12.2. The molecule has 2 aromatic rings. The van der Waals surface area contributed by atoms with E-state index >= 15 is 0 Å². The number of para-hydroxylation sites is 3. The molecule has 2 aliphatic heterocycles. The van der Waals surface area contributed by atoms with Crippen LogP contribution >= 0.6 is 0 Å². The van der Waals surface area contributed by atoms with Crippen LogP contribution in [0.4, 0.5) is 11.4 Å². The van der Waals surface area contributed by atoms with Crippen molar-refractivity contribution in [3.8, 4) is 5.75 Å². The molecule has 142 valence electrons. The minimum absolute atomic E-state index is 0.0603. The summed E-state index contributed by atoms with van der Waals surface area (Å²) in [7, 11) is 0. The van der Waals surface area contributed by atoms with Crippen molar-refractivity contribution in [1.82, 2.24) is 4.90 Å². The van der Waals surface area contributed by atoms with Gasteiger partial charge in [0.2, 0.25) is 0 Å². The third kappa shape index (κ3) is 4.25. The van der Waals surface area contributed by atoms with Gasteiger partial charge in [-0.25, -0.2) is 0 Å². The first kappa shape index (κ1) is 17.9. The first-order valence-electron chi connectivity index (χ1n) is 9.86. The molecule has 0 aliphatic carbocycles. The maximum absolute atomic E-state index is 12.2. The Bertz CT molecular complexity index is 757. The van der Waals surface area contributed by atoms with Gasteiger partial charge in [-0.3, -0.25) is 9.69 Å². The Balaban J connectivity index is 1.21. The molecule has 0 radical (unpaired) electrons. The predicted molar refractivity (Wildman–Crippen MR) is 109 cm³/mol. The first-order chi connectivity index (χ1) is 13.3. The summed E-state index contributed by atoms with van der Waals surface area (Å²) in [4.78, 5) is 19.1. The normalized spacial score (nSPS) is 17.6. The maximum Gasteiger partial charge on any atom is 0.265 e. The summed E-state index contributed by atoms with van der Waals surface area (Å²) >= 11 is 0. The summed E-state index contributed by atoms with van der Waals surface area (Å²) in [6, 6.07) is 18.5. The van der Waals surface area contributed by atoms with E-state index in [4.69, 9.17) is 4.74 Å². The average Bonchev–Trinajstić information content (AvgIpc) is 2.73. The van der Waals surface area contributed by atoms with Crippen LogP contribution in [-0.2, 0) is 4.79 Å². The second kappa shape index (κ2) is 8.44. The molecule has 0 atom stereocenters. The third-order valence-electron chi connectivity index (χ3n) is 5.41. The van der Waals surface area contributed by atoms with E-state index in [9.17, 15) is 4.79 Å². The highest BCUT2D eigenvalue weighted by molar-refractivity contribution is 5.97. The smallest absolute Gasteiger partial charge is 0.265 e. The number of nitrogens with zero attached hydrogens (tertiary/aromatic N) is 3. The largest absolute Gasteiger partial charge is 0.482 e. The molecule has 5 nitrogen and oxygen atoms in total. The molecule has 27 heavy (non-hydrogen) atoms. The highest BCUT2D eigenvalue weighted by atomic mass is 16.5. The molecular formula is C22H27N3O2. The van der Waals surface area contributed by atoms with Crippen molar-refractivity contribution in [2.75, 3.05) is 55.7 Å². The number of hydrogen-bond acceptors (Lipinski definition) is 4. The molecule has 0 unspecified atom stereocenters. The summed E-state index contributed by atoms with van der Waals surface area (Å²) in [6.07, 6.45) is 2.12. The number of hydrogen-bond donors (Lipinski definition) is 0. The van der Waals surface area contributed by atoms with Crippen molar-refractivity contribution in [3.63, 3.8) is 0 Å². The lowest BCUT2D eigenvalue weighted by Crippen LogP contribution is -2.46. The Labute approximate surface area is 161 Å². The second-order valence-electron chi connectivity index (χ2n) is 7.17. The van der Waals surface area contributed by atoms with E-state index in [1.54, 1.807) is 0 Å². The van der Waals surface area contributed by atoms with Crippen LogP contribution in [0.5, 0.6) is 5.75 Å². The van der Waals surface area contributed by atoms with Crippen LogP contribution in [0.3, 0.4) is 0 Å². The molecular weight excluding hydrogens is 338 g/mol. The van der Waals surface area contributed by atoms with E-state index in [1.165, 1.54) is 5.69 Å². The van der Waals surface area contributed by atoms with Crippen molar-refractivity contribution in [1.29, 1.82) is 0 Å². The van der Waals surface area contributed by atoms with Gasteiger partial charge in [0.05, 0.1) is 5.69 Å². The number of amides is 1. The minimum atomic E-state index is 0.0603. The Morgan fingerprint density at radius 2 is 1.52 bits per heavy atom. The van der Waals surface area contributed by atoms with Crippen LogP contribution in [0.25, 0.3) is 0 Å². The minimum Gasteiger partial charge on any atom is -0.482 e. The summed E-state index contributed by atoms with van der Waals surface area (Å²) in [5.41, 5.74) is 2.23. The number of benzene rings is 2. The first-order valence-corrected chi connectivity index (χ1v) is 9.86. The molecule has 2 aliphatic rings. The number of carbonyl (C=O) groups is 1. The van der Waals surface area contributed by atoms with Gasteiger partial charge in [-0.1, -0.05) is 30.3 Å². The molecule has 1 saturated heterocycles. The number of ether oxygens (including phenoxy) is 1. The average molecular weight is 365 g/mol. The monoisotopic (exact) mass is 365 g/mol. The molecule has 2 aromatic carbocycles. The zero-order valence-electron chi connectivity index (χ0n) is 15.7. The number of anilines is 2. The third-order valence-corrected chi connectivity index (χ3v) is 5.41. The fourth-order valence-corrected chi connectivity index (χ4v) is 3.87. The zero-order chi connectivity index (χ0) is 18.5. The molecule has 1 fully saturated rings. The molecule has 2 heterocycles.